The molecule has 3 heterocycles. The van der Waals surface area contributed by atoms with Gasteiger partial charge in [0.05, 0.1) is 48.8 Å². The Morgan fingerprint density at radius 2 is 1.07 bits per heavy atom. The number of hydrogen-bond donors (Lipinski definition) is 4. The molecule has 3 rings (SSSR count). The number of hydrogen-bond acceptors (Lipinski definition) is 8. The van der Waals surface area contributed by atoms with Crippen molar-refractivity contribution in [3.05, 3.63) is 11.6 Å². The second-order valence-corrected chi connectivity index (χ2v) is 14.2. The third-order valence-electron chi connectivity index (χ3n) is 10.2. The van der Waals surface area contributed by atoms with Gasteiger partial charge in [0.25, 0.3) is 0 Å². The first-order valence-electron chi connectivity index (χ1n) is 18.7. The van der Waals surface area contributed by atoms with Gasteiger partial charge in [-0.2, -0.15) is 0 Å². The number of carbonyl (C=O) groups excluding carboxylic acids is 1. The normalized spacial score (nSPS) is 27.8. The molecule has 9 atom stereocenters. The number of aliphatic hydroxyl groups is 4. The molecule has 262 valence electrons. The predicted octanol–water partition coefficient (Wildman–Crippen LogP) is 6.83. The highest BCUT2D eigenvalue weighted by molar-refractivity contribution is 5.90. The monoisotopic (exact) mass is 638 g/mol. The van der Waals surface area contributed by atoms with E-state index in [1.165, 1.54) is 25.7 Å². The molecule has 0 aliphatic carbocycles. The summed E-state index contributed by atoms with van der Waals surface area (Å²) >= 11 is 0. The molecule has 45 heavy (non-hydrogen) atoms. The minimum absolute atomic E-state index is 0.0291. The maximum atomic E-state index is 11.7. The zero-order valence-electron chi connectivity index (χ0n) is 28.5. The van der Waals surface area contributed by atoms with Crippen molar-refractivity contribution in [2.45, 2.75) is 216 Å². The van der Waals surface area contributed by atoms with Gasteiger partial charge in [-0.1, -0.05) is 90.4 Å². The summed E-state index contributed by atoms with van der Waals surface area (Å²) < 4.78 is 17.6. The fourth-order valence-corrected chi connectivity index (χ4v) is 7.26. The van der Waals surface area contributed by atoms with Crippen LogP contribution in [0, 0.1) is 0 Å². The molecule has 4 N–H and O–H groups in total. The van der Waals surface area contributed by atoms with E-state index in [1.807, 2.05) is 19.9 Å². The van der Waals surface area contributed by atoms with Crippen LogP contribution in [0.3, 0.4) is 0 Å². The van der Waals surface area contributed by atoms with Crippen LogP contribution in [0.2, 0.25) is 0 Å². The zero-order valence-corrected chi connectivity index (χ0v) is 28.5. The Morgan fingerprint density at radius 1 is 0.644 bits per heavy atom. The van der Waals surface area contributed by atoms with Crippen LogP contribution in [0.15, 0.2) is 11.6 Å². The van der Waals surface area contributed by atoms with Crippen molar-refractivity contribution < 1.29 is 39.4 Å². The molecule has 8 nitrogen and oxygen atoms in total. The quantitative estimate of drug-likeness (QED) is 0.0634. The van der Waals surface area contributed by atoms with Crippen molar-refractivity contribution in [2.24, 2.45) is 0 Å². The van der Waals surface area contributed by atoms with Gasteiger partial charge in [0.1, 0.15) is 6.10 Å². The van der Waals surface area contributed by atoms with E-state index in [2.05, 4.69) is 0 Å². The molecular formula is C37H66O8. The Labute approximate surface area is 273 Å². The first-order chi connectivity index (χ1) is 21.8. The SMILES string of the molecule is CC[C@H](O)CCCCCCC[C@H](O)[C@H]1CC[C@H]([C@H]2CC[C@H]([C@H](O)CCCCCCCCCCC(O)CC3=C[C@H](C)OC3=O)O2)O1. The standard InChI is InChI=1S/C37H66O8/c1-3-29(38)17-13-10-8-12-16-20-32(41)34-22-24-36(45-34)35-23-21-33(44-35)31(40)19-15-11-7-5-4-6-9-14-18-30(39)26-28-25-27(2)43-37(28)42/h25,27,29-36,38-41H,3-24,26H2,1-2H3/t27-,29-,30?,31+,32-,33+,34+,35+,36+/m0/s1. The molecule has 8 heteroatoms. The Hall–Kier alpha value is -1.03. The van der Waals surface area contributed by atoms with Gasteiger partial charge in [0.15, 0.2) is 0 Å². The van der Waals surface area contributed by atoms with Crippen molar-refractivity contribution >= 4 is 5.97 Å². The van der Waals surface area contributed by atoms with Gasteiger partial charge >= 0.3 is 5.97 Å². The zero-order chi connectivity index (χ0) is 32.4. The Bertz CT molecular complexity index is 833. The van der Waals surface area contributed by atoms with E-state index in [-0.39, 0.29) is 42.6 Å². The fraction of sp³-hybridized carbons (Fsp3) is 0.919. The lowest BCUT2D eigenvalue weighted by Gasteiger charge is -2.24. The Morgan fingerprint density at radius 3 is 1.49 bits per heavy atom. The third kappa shape index (κ3) is 14.7. The summed E-state index contributed by atoms with van der Waals surface area (Å²) in [4.78, 5) is 11.7. The van der Waals surface area contributed by atoms with E-state index in [9.17, 15) is 25.2 Å². The molecule has 2 saturated heterocycles. The maximum absolute atomic E-state index is 11.7. The maximum Gasteiger partial charge on any atom is 0.334 e. The van der Waals surface area contributed by atoms with Crippen LogP contribution in [0.25, 0.3) is 0 Å². The van der Waals surface area contributed by atoms with Gasteiger partial charge in [0.2, 0.25) is 0 Å². The smallest absolute Gasteiger partial charge is 0.334 e. The van der Waals surface area contributed by atoms with Crippen LogP contribution in [0.5, 0.6) is 0 Å². The highest BCUT2D eigenvalue weighted by atomic mass is 16.6. The minimum Gasteiger partial charge on any atom is -0.455 e. The van der Waals surface area contributed by atoms with Crippen molar-refractivity contribution in [3.63, 3.8) is 0 Å². The molecule has 3 aliphatic rings. The molecule has 0 amide bonds. The van der Waals surface area contributed by atoms with Gasteiger partial charge in [0, 0.05) is 12.0 Å². The van der Waals surface area contributed by atoms with Gasteiger partial charge in [-0.3, -0.25) is 0 Å². The topological polar surface area (TPSA) is 126 Å². The van der Waals surface area contributed by atoms with Crippen LogP contribution in [0.1, 0.15) is 162 Å². The molecule has 0 aromatic carbocycles. The summed E-state index contributed by atoms with van der Waals surface area (Å²) in [6, 6.07) is 0. The molecule has 0 aromatic rings. The summed E-state index contributed by atoms with van der Waals surface area (Å²) in [7, 11) is 0. The van der Waals surface area contributed by atoms with Gasteiger partial charge < -0.3 is 34.6 Å². The molecule has 0 bridgehead atoms. The summed E-state index contributed by atoms with van der Waals surface area (Å²) in [5.41, 5.74) is 0.612. The number of cyclic esters (lactones) is 1. The number of aliphatic hydroxyl groups excluding tert-OH is 4. The second kappa shape index (κ2) is 21.8. The van der Waals surface area contributed by atoms with E-state index in [1.54, 1.807) is 0 Å². The van der Waals surface area contributed by atoms with Crippen LogP contribution >= 0.6 is 0 Å². The summed E-state index contributed by atoms with van der Waals surface area (Å²) in [6.45, 7) is 3.86. The van der Waals surface area contributed by atoms with E-state index in [0.717, 1.165) is 116 Å². The molecule has 0 saturated carbocycles. The second-order valence-electron chi connectivity index (χ2n) is 14.2. The van der Waals surface area contributed by atoms with Gasteiger partial charge in [-0.05, 0) is 70.8 Å². The number of carbonyl (C=O) groups is 1. The van der Waals surface area contributed by atoms with Crippen molar-refractivity contribution in [2.75, 3.05) is 0 Å². The number of unbranched alkanes of at least 4 members (excludes halogenated alkanes) is 11. The predicted molar refractivity (Wildman–Crippen MR) is 177 cm³/mol. The van der Waals surface area contributed by atoms with Crippen LogP contribution in [0.4, 0.5) is 0 Å². The van der Waals surface area contributed by atoms with Gasteiger partial charge in [-0.25, -0.2) is 4.79 Å². The highest BCUT2D eigenvalue weighted by Crippen LogP contribution is 2.34. The lowest BCUT2D eigenvalue weighted by molar-refractivity contribution is -0.139. The first-order valence-corrected chi connectivity index (χ1v) is 18.7. The van der Waals surface area contributed by atoms with Crippen molar-refractivity contribution in [1.82, 2.24) is 0 Å². The highest BCUT2D eigenvalue weighted by Gasteiger charge is 2.40. The molecule has 0 radical (unpaired) electrons. The Balaban J connectivity index is 1.13. The largest absolute Gasteiger partial charge is 0.455 e. The number of rotatable bonds is 25. The van der Waals surface area contributed by atoms with E-state index in [4.69, 9.17) is 14.2 Å². The molecule has 0 spiro atoms. The molecule has 3 aliphatic heterocycles. The van der Waals surface area contributed by atoms with E-state index >= 15 is 0 Å². The molecule has 1 unspecified atom stereocenters. The summed E-state index contributed by atoms with van der Waals surface area (Å²) in [5.74, 6) is -0.285. The van der Waals surface area contributed by atoms with E-state index < -0.39 is 18.3 Å². The first kappa shape index (κ1) is 38.4. The average molecular weight is 639 g/mol. The van der Waals surface area contributed by atoms with Crippen LogP contribution in [-0.2, 0) is 19.0 Å². The van der Waals surface area contributed by atoms with E-state index in [0.29, 0.717) is 12.0 Å². The third-order valence-corrected chi connectivity index (χ3v) is 10.2. The lowest BCUT2D eigenvalue weighted by atomic mass is 10.00. The molecule has 2 fully saturated rings. The minimum atomic E-state index is -0.469. The summed E-state index contributed by atoms with van der Waals surface area (Å²) in [5, 5.41) is 41.3. The van der Waals surface area contributed by atoms with Crippen LogP contribution < -0.4 is 0 Å². The average Bonchev–Trinajstić information content (AvgIpc) is 3.77. The molecular weight excluding hydrogens is 572 g/mol. The number of esters is 1. The van der Waals surface area contributed by atoms with Crippen LogP contribution in [-0.4, -0.2) is 81.3 Å². The van der Waals surface area contributed by atoms with Gasteiger partial charge in [-0.15, -0.1) is 0 Å². The van der Waals surface area contributed by atoms with Crippen molar-refractivity contribution in [3.8, 4) is 0 Å². The lowest BCUT2D eigenvalue weighted by Crippen LogP contribution is -2.33. The van der Waals surface area contributed by atoms with Crippen molar-refractivity contribution in [1.29, 1.82) is 0 Å². The number of ether oxygens (including phenoxy) is 3. The molecule has 0 aromatic heterocycles. The summed E-state index contributed by atoms with van der Waals surface area (Å²) in [6.07, 6.45) is 22.6. The fourth-order valence-electron chi connectivity index (χ4n) is 7.26. The Kier molecular flexibility index (Phi) is 18.6.